The Morgan fingerprint density at radius 3 is 2.77 bits per heavy atom. The molecule has 0 spiro atoms. The molecule has 0 bridgehead atoms. The van der Waals surface area contributed by atoms with E-state index in [-0.39, 0.29) is 18.6 Å². The molecule has 2 aromatic heterocycles. The number of aromatic nitrogens is 2. The molecule has 1 fully saturated rings. The highest BCUT2D eigenvalue weighted by atomic mass is 16.5. The monoisotopic (exact) mass is 407 g/mol. The number of benzene rings is 1. The van der Waals surface area contributed by atoms with Gasteiger partial charge < -0.3 is 14.6 Å². The molecule has 156 valence electrons. The molecular formula is C22H25N5O3. The van der Waals surface area contributed by atoms with E-state index in [0.29, 0.717) is 11.4 Å². The lowest BCUT2D eigenvalue weighted by molar-refractivity contribution is 0.0937. The summed E-state index contributed by atoms with van der Waals surface area (Å²) in [7, 11) is 1.87. The molecule has 1 aromatic carbocycles. The average molecular weight is 407 g/mol. The number of hydrogen-bond donors (Lipinski definition) is 3. The van der Waals surface area contributed by atoms with Gasteiger partial charge in [0, 0.05) is 42.5 Å². The summed E-state index contributed by atoms with van der Waals surface area (Å²) in [4.78, 5) is 29.0. The minimum Gasteiger partial charge on any atom is -0.474 e. The van der Waals surface area contributed by atoms with Gasteiger partial charge in [0.15, 0.2) is 0 Å². The topological polar surface area (TPSA) is 97.3 Å². The Morgan fingerprint density at radius 1 is 1.13 bits per heavy atom. The number of nitrogens with one attached hydrogen (secondary N) is 3. The van der Waals surface area contributed by atoms with Crippen LogP contribution in [-0.4, -0.2) is 27.6 Å². The van der Waals surface area contributed by atoms with E-state index in [2.05, 4.69) is 21.2 Å². The highest BCUT2D eigenvalue weighted by molar-refractivity contribution is 6.07. The van der Waals surface area contributed by atoms with Gasteiger partial charge in [-0.2, -0.15) is 0 Å². The van der Waals surface area contributed by atoms with Gasteiger partial charge in [0.2, 0.25) is 5.88 Å². The van der Waals surface area contributed by atoms with Crippen LogP contribution < -0.4 is 20.9 Å². The summed E-state index contributed by atoms with van der Waals surface area (Å²) in [5.74, 6) is 0.165. The van der Waals surface area contributed by atoms with Crippen molar-refractivity contribution in [2.24, 2.45) is 7.05 Å². The number of fused-ring (bicyclic) bond motifs is 1. The van der Waals surface area contributed by atoms with Crippen LogP contribution in [0.15, 0.2) is 48.8 Å². The lowest BCUT2D eigenvalue weighted by atomic mass is 10.2. The predicted molar refractivity (Wildman–Crippen MR) is 113 cm³/mol. The molecule has 0 saturated heterocycles. The first-order valence-electron chi connectivity index (χ1n) is 10.1. The van der Waals surface area contributed by atoms with Gasteiger partial charge in [0.1, 0.15) is 6.10 Å². The zero-order chi connectivity index (χ0) is 20.9. The van der Waals surface area contributed by atoms with Crippen molar-refractivity contribution in [1.82, 2.24) is 25.7 Å². The summed E-state index contributed by atoms with van der Waals surface area (Å²) < 4.78 is 7.86. The lowest BCUT2D eigenvalue weighted by Gasteiger charge is -2.15. The van der Waals surface area contributed by atoms with Gasteiger partial charge in [-0.15, -0.1) is 0 Å². The van der Waals surface area contributed by atoms with Crippen molar-refractivity contribution in [3.05, 3.63) is 59.9 Å². The largest absolute Gasteiger partial charge is 0.474 e. The molecule has 1 saturated carbocycles. The number of ether oxygens (including phenoxy) is 1. The third kappa shape index (κ3) is 4.37. The molecule has 3 aromatic rings. The quantitative estimate of drug-likeness (QED) is 0.566. The van der Waals surface area contributed by atoms with Crippen LogP contribution in [0, 0.1) is 0 Å². The molecule has 0 atom stereocenters. The highest BCUT2D eigenvalue weighted by Crippen LogP contribution is 2.25. The van der Waals surface area contributed by atoms with E-state index in [1.807, 2.05) is 41.9 Å². The fraction of sp³-hybridized carbons (Fsp3) is 0.318. The van der Waals surface area contributed by atoms with Crippen molar-refractivity contribution >= 4 is 22.8 Å². The van der Waals surface area contributed by atoms with Crippen LogP contribution in [0.3, 0.4) is 0 Å². The van der Waals surface area contributed by atoms with Gasteiger partial charge in [-0.05, 0) is 37.8 Å². The van der Waals surface area contributed by atoms with Crippen molar-refractivity contribution in [2.45, 2.75) is 38.3 Å². The number of carbonyl (C=O) groups is 2. The van der Waals surface area contributed by atoms with E-state index in [0.717, 1.165) is 29.3 Å². The highest BCUT2D eigenvalue weighted by Gasteiger charge is 2.19. The third-order valence-electron chi connectivity index (χ3n) is 5.30. The standard InChI is InChI=1S/C22H25N5O3/c1-27-14-18(17-10-4-5-11-19(17)27)20(28)25-26-22(29)24-13-15-7-6-12-23-21(15)30-16-8-2-3-9-16/h4-7,10-12,14,16H,2-3,8-9,13H2,1H3,(H,25,28)(H2,24,26,29). The SMILES string of the molecule is Cn1cc(C(=O)NNC(=O)NCc2cccnc2OC2CCCC2)c2ccccc21. The van der Waals surface area contributed by atoms with Crippen molar-refractivity contribution in [2.75, 3.05) is 0 Å². The Bertz CT molecular complexity index is 1060. The van der Waals surface area contributed by atoms with Gasteiger partial charge in [0.25, 0.3) is 5.91 Å². The van der Waals surface area contributed by atoms with Crippen LogP contribution in [0.2, 0.25) is 0 Å². The number of hydrazine groups is 1. The summed E-state index contributed by atoms with van der Waals surface area (Å²) in [6.45, 7) is 0.242. The lowest BCUT2D eigenvalue weighted by Crippen LogP contribution is -2.46. The maximum absolute atomic E-state index is 12.5. The number of nitrogens with zero attached hydrogens (tertiary/aromatic N) is 2. The minimum absolute atomic E-state index is 0.187. The Kier molecular flexibility index (Phi) is 5.83. The fourth-order valence-electron chi connectivity index (χ4n) is 3.75. The minimum atomic E-state index is -0.515. The van der Waals surface area contributed by atoms with E-state index >= 15 is 0 Å². The van der Waals surface area contributed by atoms with E-state index < -0.39 is 6.03 Å². The molecule has 3 N–H and O–H groups in total. The molecule has 0 aliphatic heterocycles. The first kappa shape index (κ1) is 19.8. The molecule has 30 heavy (non-hydrogen) atoms. The molecule has 8 heteroatoms. The summed E-state index contributed by atoms with van der Waals surface area (Å²) in [6, 6.07) is 10.8. The summed E-state index contributed by atoms with van der Waals surface area (Å²) in [6.07, 6.45) is 8.01. The normalized spacial score (nSPS) is 13.9. The number of rotatable bonds is 5. The molecule has 8 nitrogen and oxygen atoms in total. The maximum Gasteiger partial charge on any atom is 0.333 e. The first-order chi connectivity index (χ1) is 14.6. The van der Waals surface area contributed by atoms with E-state index in [1.54, 1.807) is 18.5 Å². The average Bonchev–Trinajstić information content (AvgIpc) is 3.39. The van der Waals surface area contributed by atoms with Crippen LogP contribution in [0.25, 0.3) is 10.9 Å². The predicted octanol–water partition coefficient (Wildman–Crippen LogP) is 3.04. The van der Waals surface area contributed by atoms with Gasteiger partial charge in [-0.25, -0.2) is 15.2 Å². The zero-order valence-electron chi connectivity index (χ0n) is 16.9. The zero-order valence-corrected chi connectivity index (χ0v) is 16.9. The van der Waals surface area contributed by atoms with Gasteiger partial charge in [0.05, 0.1) is 5.56 Å². The smallest absolute Gasteiger partial charge is 0.333 e. The Hall–Kier alpha value is -3.55. The van der Waals surface area contributed by atoms with Crippen molar-refractivity contribution < 1.29 is 14.3 Å². The number of carbonyl (C=O) groups excluding carboxylic acids is 2. The Labute approximate surface area is 174 Å². The van der Waals surface area contributed by atoms with E-state index in [4.69, 9.17) is 4.74 Å². The first-order valence-corrected chi connectivity index (χ1v) is 10.1. The summed E-state index contributed by atoms with van der Waals surface area (Å²) in [5.41, 5.74) is 7.08. The third-order valence-corrected chi connectivity index (χ3v) is 5.30. The van der Waals surface area contributed by atoms with Gasteiger partial charge in [-0.1, -0.05) is 24.3 Å². The molecule has 4 rings (SSSR count). The number of aryl methyl sites for hydroxylation is 1. The molecular weight excluding hydrogens is 382 g/mol. The molecule has 0 radical (unpaired) electrons. The van der Waals surface area contributed by atoms with Crippen LogP contribution in [0.5, 0.6) is 5.88 Å². The van der Waals surface area contributed by atoms with E-state index in [1.165, 1.54) is 12.8 Å². The molecule has 0 unspecified atom stereocenters. The Balaban J connectivity index is 1.32. The molecule has 2 heterocycles. The van der Waals surface area contributed by atoms with Gasteiger partial charge >= 0.3 is 6.03 Å². The second-order valence-electron chi connectivity index (χ2n) is 7.42. The van der Waals surface area contributed by atoms with Crippen molar-refractivity contribution in [1.29, 1.82) is 0 Å². The second-order valence-corrected chi connectivity index (χ2v) is 7.42. The van der Waals surface area contributed by atoms with Crippen LogP contribution in [0.4, 0.5) is 4.79 Å². The summed E-state index contributed by atoms with van der Waals surface area (Å²) in [5, 5.41) is 3.55. The Morgan fingerprint density at radius 2 is 1.93 bits per heavy atom. The number of hydrogen-bond acceptors (Lipinski definition) is 4. The number of urea groups is 1. The van der Waals surface area contributed by atoms with E-state index in [9.17, 15) is 9.59 Å². The molecule has 3 amide bonds. The fourth-order valence-corrected chi connectivity index (χ4v) is 3.75. The maximum atomic E-state index is 12.5. The van der Waals surface area contributed by atoms with Crippen LogP contribution in [-0.2, 0) is 13.6 Å². The second kappa shape index (κ2) is 8.86. The van der Waals surface area contributed by atoms with Gasteiger partial charge in [-0.3, -0.25) is 10.2 Å². The molecule has 1 aliphatic carbocycles. The number of amides is 3. The molecule has 1 aliphatic rings. The van der Waals surface area contributed by atoms with Crippen molar-refractivity contribution in [3.8, 4) is 5.88 Å². The number of para-hydroxylation sites is 1. The van der Waals surface area contributed by atoms with Crippen molar-refractivity contribution in [3.63, 3.8) is 0 Å². The van der Waals surface area contributed by atoms with Crippen LogP contribution >= 0.6 is 0 Å². The number of pyridine rings is 1. The summed E-state index contributed by atoms with van der Waals surface area (Å²) >= 11 is 0. The van der Waals surface area contributed by atoms with Crippen LogP contribution in [0.1, 0.15) is 41.6 Å².